The minimum atomic E-state index is 0.299. The minimum absolute atomic E-state index is 0.299. The molecule has 88 valence electrons. The summed E-state index contributed by atoms with van der Waals surface area (Å²) in [5.74, 6) is 0.783. The first-order valence-corrected chi connectivity index (χ1v) is 5.72. The van der Waals surface area contributed by atoms with Crippen molar-refractivity contribution in [3.05, 3.63) is 30.9 Å². The van der Waals surface area contributed by atoms with Crippen LogP contribution in [0.5, 0.6) is 0 Å². The first-order chi connectivity index (χ1) is 7.56. The van der Waals surface area contributed by atoms with Gasteiger partial charge in [-0.2, -0.15) is 0 Å². The smallest absolute Gasteiger partial charge is 0.0945 e. The van der Waals surface area contributed by atoms with Gasteiger partial charge in [0.05, 0.1) is 6.33 Å². The Morgan fingerprint density at radius 2 is 2.31 bits per heavy atom. The van der Waals surface area contributed by atoms with Crippen molar-refractivity contribution >= 4 is 5.71 Å². The van der Waals surface area contributed by atoms with E-state index in [4.69, 9.17) is 5.41 Å². The topological polar surface area (TPSA) is 41.7 Å². The maximum Gasteiger partial charge on any atom is 0.0945 e. The molecule has 0 fully saturated rings. The van der Waals surface area contributed by atoms with Crippen molar-refractivity contribution in [1.29, 1.82) is 5.41 Å². The Hall–Kier alpha value is -1.38. The number of hydrogen-bond donors (Lipinski definition) is 1. The molecule has 0 amide bonds. The molecule has 0 aliphatic carbocycles. The molecule has 0 saturated heterocycles. The van der Waals surface area contributed by atoms with E-state index in [2.05, 4.69) is 25.4 Å². The van der Waals surface area contributed by atoms with E-state index in [1.54, 1.807) is 6.08 Å². The van der Waals surface area contributed by atoms with Gasteiger partial charge >= 0.3 is 0 Å². The quantitative estimate of drug-likeness (QED) is 0.734. The van der Waals surface area contributed by atoms with Gasteiger partial charge in [0.1, 0.15) is 0 Å². The van der Waals surface area contributed by atoms with E-state index in [1.807, 2.05) is 24.1 Å². The van der Waals surface area contributed by atoms with Crippen molar-refractivity contribution in [2.75, 3.05) is 0 Å². The number of hydrogen-bond acceptors (Lipinski definition) is 2. The predicted octanol–water partition coefficient (Wildman–Crippen LogP) is 2.83. The molecule has 1 atom stereocenters. The summed E-state index contributed by atoms with van der Waals surface area (Å²) in [6, 6.07) is 0. The fourth-order valence-corrected chi connectivity index (χ4v) is 1.93. The highest BCUT2D eigenvalue weighted by Gasteiger charge is 2.17. The van der Waals surface area contributed by atoms with Gasteiger partial charge in [0.15, 0.2) is 0 Å². The molecule has 3 nitrogen and oxygen atoms in total. The Morgan fingerprint density at radius 3 is 2.75 bits per heavy atom. The molecule has 0 aliphatic rings. The molecule has 3 heteroatoms. The molecule has 0 aliphatic heterocycles. The van der Waals surface area contributed by atoms with Gasteiger partial charge in [-0.1, -0.05) is 20.4 Å². The molecule has 16 heavy (non-hydrogen) atoms. The van der Waals surface area contributed by atoms with Crippen molar-refractivity contribution in [1.82, 2.24) is 9.55 Å². The first-order valence-electron chi connectivity index (χ1n) is 5.72. The van der Waals surface area contributed by atoms with Crippen molar-refractivity contribution < 1.29 is 0 Å². The van der Waals surface area contributed by atoms with Crippen molar-refractivity contribution in [2.45, 2.75) is 26.7 Å². The summed E-state index contributed by atoms with van der Waals surface area (Å²) in [4.78, 5) is 4.10. The largest absolute Gasteiger partial charge is 0.338 e. The van der Waals surface area contributed by atoms with Gasteiger partial charge < -0.3 is 9.98 Å². The van der Waals surface area contributed by atoms with E-state index in [1.165, 1.54) is 5.69 Å². The monoisotopic (exact) mass is 219 g/mol. The first kappa shape index (κ1) is 12.7. The van der Waals surface area contributed by atoms with Crippen LogP contribution in [-0.2, 0) is 13.5 Å². The Morgan fingerprint density at radius 1 is 1.62 bits per heavy atom. The molecule has 1 aromatic rings. The number of aromatic nitrogens is 2. The van der Waals surface area contributed by atoms with Gasteiger partial charge in [0.2, 0.25) is 0 Å². The van der Waals surface area contributed by atoms with Crippen molar-refractivity contribution in [3.8, 4) is 0 Å². The van der Waals surface area contributed by atoms with Crippen LogP contribution in [0.15, 0.2) is 25.2 Å². The average Bonchev–Trinajstić information content (AvgIpc) is 2.64. The zero-order valence-corrected chi connectivity index (χ0v) is 10.4. The number of nitrogens with one attached hydrogen (secondary N) is 1. The molecule has 0 radical (unpaired) electrons. The standard InChI is InChI=1S/C13H21N3/c1-5-13(14)12(10(2)3)7-6-11-8-15-9-16(11)4/h5,8-10,12,14H,1,6-7H2,2-4H3. The fraction of sp³-hybridized carbons (Fsp3) is 0.538. The molecule has 1 heterocycles. The third-order valence-corrected chi connectivity index (χ3v) is 3.05. The zero-order chi connectivity index (χ0) is 12.1. The second-order valence-electron chi connectivity index (χ2n) is 4.54. The van der Waals surface area contributed by atoms with Gasteiger partial charge in [0, 0.05) is 30.6 Å². The summed E-state index contributed by atoms with van der Waals surface area (Å²) in [6.45, 7) is 8.00. The molecule has 0 spiro atoms. The molecule has 0 saturated carbocycles. The van der Waals surface area contributed by atoms with Crippen LogP contribution in [-0.4, -0.2) is 15.3 Å². The lowest BCUT2D eigenvalue weighted by molar-refractivity contribution is 0.459. The number of aryl methyl sites for hydroxylation is 2. The van der Waals surface area contributed by atoms with Crippen LogP contribution < -0.4 is 0 Å². The van der Waals surface area contributed by atoms with E-state index in [0.29, 0.717) is 17.5 Å². The highest BCUT2D eigenvalue weighted by molar-refractivity contribution is 5.93. The van der Waals surface area contributed by atoms with Crippen molar-refractivity contribution in [2.24, 2.45) is 18.9 Å². The molecule has 0 aromatic carbocycles. The summed E-state index contributed by atoms with van der Waals surface area (Å²) in [5.41, 5.74) is 1.87. The molecule has 1 unspecified atom stereocenters. The third-order valence-electron chi connectivity index (χ3n) is 3.05. The van der Waals surface area contributed by atoms with Crippen LogP contribution in [0.4, 0.5) is 0 Å². The van der Waals surface area contributed by atoms with Gasteiger partial charge in [-0.25, -0.2) is 4.98 Å². The lowest BCUT2D eigenvalue weighted by atomic mass is 9.86. The Bertz CT molecular complexity index is 363. The van der Waals surface area contributed by atoms with E-state index in [9.17, 15) is 0 Å². The third kappa shape index (κ3) is 3.05. The van der Waals surface area contributed by atoms with Crippen LogP contribution in [0.25, 0.3) is 0 Å². The fourth-order valence-electron chi connectivity index (χ4n) is 1.93. The minimum Gasteiger partial charge on any atom is -0.338 e. The zero-order valence-electron chi connectivity index (χ0n) is 10.4. The summed E-state index contributed by atoms with van der Waals surface area (Å²) < 4.78 is 2.04. The molecule has 1 N–H and O–H groups in total. The van der Waals surface area contributed by atoms with Crippen LogP contribution in [0.2, 0.25) is 0 Å². The molecule has 1 rings (SSSR count). The van der Waals surface area contributed by atoms with Gasteiger partial charge in [-0.15, -0.1) is 0 Å². The van der Waals surface area contributed by atoms with Gasteiger partial charge in [-0.3, -0.25) is 0 Å². The summed E-state index contributed by atoms with van der Waals surface area (Å²) in [7, 11) is 2.01. The average molecular weight is 219 g/mol. The lowest BCUT2D eigenvalue weighted by Crippen LogP contribution is -2.19. The van der Waals surface area contributed by atoms with E-state index < -0.39 is 0 Å². The number of nitrogens with zero attached hydrogens (tertiary/aromatic N) is 2. The number of imidazole rings is 1. The second-order valence-corrected chi connectivity index (χ2v) is 4.54. The lowest BCUT2D eigenvalue weighted by Gasteiger charge is -2.19. The van der Waals surface area contributed by atoms with E-state index in [0.717, 1.165) is 12.8 Å². The van der Waals surface area contributed by atoms with Gasteiger partial charge in [-0.05, 0) is 24.8 Å². The highest BCUT2D eigenvalue weighted by atomic mass is 15.0. The molecular formula is C13H21N3. The SMILES string of the molecule is C=CC(=N)C(CCc1cncn1C)C(C)C. The Kier molecular flexibility index (Phi) is 4.47. The predicted molar refractivity (Wildman–Crippen MR) is 67.8 cm³/mol. The van der Waals surface area contributed by atoms with Crippen LogP contribution in [0.3, 0.4) is 0 Å². The molecule has 1 aromatic heterocycles. The molecular weight excluding hydrogens is 198 g/mol. The molecule has 0 bridgehead atoms. The van der Waals surface area contributed by atoms with Crippen molar-refractivity contribution in [3.63, 3.8) is 0 Å². The highest BCUT2D eigenvalue weighted by Crippen LogP contribution is 2.19. The van der Waals surface area contributed by atoms with Gasteiger partial charge in [0.25, 0.3) is 0 Å². The normalized spacial score (nSPS) is 12.8. The summed E-state index contributed by atoms with van der Waals surface area (Å²) in [5, 5.41) is 7.87. The summed E-state index contributed by atoms with van der Waals surface area (Å²) in [6.07, 6.45) is 7.33. The Labute approximate surface area is 97.7 Å². The second kappa shape index (κ2) is 5.64. The van der Waals surface area contributed by atoms with Crippen LogP contribution in [0.1, 0.15) is 26.0 Å². The van der Waals surface area contributed by atoms with Crippen LogP contribution in [0, 0.1) is 17.2 Å². The van der Waals surface area contributed by atoms with E-state index >= 15 is 0 Å². The van der Waals surface area contributed by atoms with E-state index in [-0.39, 0.29) is 0 Å². The number of rotatable bonds is 6. The maximum absolute atomic E-state index is 7.87. The summed E-state index contributed by atoms with van der Waals surface area (Å²) >= 11 is 0. The Balaban J connectivity index is 2.60. The number of allylic oxidation sites excluding steroid dienone is 1. The van der Waals surface area contributed by atoms with Crippen LogP contribution >= 0.6 is 0 Å². The maximum atomic E-state index is 7.87.